The molecule has 1 aliphatic heterocycles. The molecular formula is C10H19NO3. The summed E-state index contributed by atoms with van der Waals surface area (Å²) in [4.78, 5) is 21.7. The van der Waals surface area contributed by atoms with Gasteiger partial charge in [-0.2, -0.15) is 0 Å². The van der Waals surface area contributed by atoms with Crippen LogP contribution in [0.5, 0.6) is 0 Å². The molecule has 0 aromatic rings. The van der Waals surface area contributed by atoms with Gasteiger partial charge in [0.05, 0.1) is 6.42 Å². The van der Waals surface area contributed by atoms with Crippen LogP contribution in [-0.2, 0) is 14.3 Å². The van der Waals surface area contributed by atoms with Crippen LogP contribution in [0.15, 0.2) is 0 Å². The van der Waals surface area contributed by atoms with Gasteiger partial charge in [-0.25, -0.2) is 0 Å². The van der Waals surface area contributed by atoms with Crippen molar-refractivity contribution < 1.29 is 14.3 Å². The highest BCUT2D eigenvalue weighted by atomic mass is 16.5. The van der Waals surface area contributed by atoms with E-state index in [4.69, 9.17) is 4.74 Å². The van der Waals surface area contributed by atoms with Crippen LogP contribution in [0.4, 0.5) is 0 Å². The summed E-state index contributed by atoms with van der Waals surface area (Å²) in [5.74, 6) is -0.521. The van der Waals surface area contributed by atoms with Crippen molar-refractivity contribution in [3.8, 4) is 0 Å². The lowest BCUT2D eigenvalue weighted by Gasteiger charge is -2.06. The second-order valence-corrected chi connectivity index (χ2v) is 3.18. The van der Waals surface area contributed by atoms with Crippen LogP contribution in [0.1, 0.15) is 40.0 Å². The molecule has 0 aromatic carbocycles. The number of ether oxygens (including phenoxy) is 1. The zero-order valence-electron chi connectivity index (χ0n) is 7.84. The van der Waals surface area contributed by atoms with Gasteiger partial charge in [-0.3, -0.25) is 14.9 Å². The highest BCUT2D eigenvalue weighted by molar-refractivity contribution is 6.04. The summed E-state index contributed by atoms with van der Waals surface area (Å²) in [5.41, 5.74) is 0. The molecule has 4 heteroatoms. The molecule has 82 valence electrons. The molecule has 2 amide bonds. The maximum atomic E-state index is 11.0. The number of hydrogen-bond donors (Lipinski definition) is 1. The van der Waals surface area contributed by atoms with Gasteiger partial charge in [0.2, 0.25) is 5.91 Å². The molecule has 0 spiro atoms. The van der Waals surface area contributed by atoms with E-state index in [0.29, 0.717) is 6.61 Å². The van der Waals surface area contributed by atoms with Crippen LogP contribution in [-0.4, -0.2) is 24.5 Å². The number of carbonyl (C=O) groups excluding carboxylic acids is 2. The van der Waals surface area contributed by atoms with Crippen LogP contribution >= 0.6 is 0 Å². The van der Waals surface area contributed by atoms with Crippen LogP contribution in [0.3, 0.4) is 0 Å². The quantitative estimate of drug-likeness (QED) is 0.538. The van der Waals surface area contributed by atoms with Gasteiger partial charge in [-0.1, -0.05) is 27.2 Å². The predicted octanol–water partition coefficient (Wildman–Crippen LogP) is 1.24. The standard InChI is InChI=1S/C9H15NO3.CH4/c1-2-3-4-5-13-7-6-8(11)10-9(7)12;/h7H,2-6H2,1H3,(H,10,11,12);1H4. The second-order valence-electron chi connectivity index (χ2n) is 3.18. The molecule has 0 bridgehead atoms. The first kappa shape index (κ1) is 13.1. The fraction of sp³-hybridized carbons (Fsp3) is 0.800. The number of rotatable bonds is 5. The fourth-order valence-electron chi connectivity index (χ4n) is 1.24. The van der Waals surface area contributed by atoms with Crippen molar-refractivity contribution >= 4 is 11.8 Å². The van der Waals surface area contributed by atoms with Crippen molar-refractivity contribution in [1.29, 1.82) is 0 Å². The van der Waals surface area contributed by atoms with E-state index in [9.17, 15) is 9.59 Å². The van der Waals surface area contributed by atoms with Gasteiger partial charge < -0.3 is 4.74 Å². The van der Waals surface area contributed by atoms with Gasteiger partial charge in [0, 0.05) is 6.61 Å². The topological polar surface area (TPSA) is 55.4 Å². The van der Waals surface area contributed by atoms with Gasteiger partial charge in [-0.05, 0) is 6.42 Å². The monoisotopic (exact) mass is 201 g/mol. The van der Waals surface area contributed by atoms with E-state index >= 15 is 0 Å². The number of amides is 2. The van der Waals surface area contributed by atoms with Gasteiger partial charge in [0.15, 0.2) is 0 Å². The van der Waals surface area contributed by atoms with Crippen molar-refractivity contribution in [1.82, 2.24) is 5.32 Å². The molecule has 0 aromatic heterocycles. The molecule has 1 aliphatic rings. The first-order chi connectivity index (χ1) is 6.24. The summed E-state index contributed by atoms with van der Waals surface area (Å²) < 4.78 is 5.25. The summed E-state index contributed by atoms with van der Waals surface area (Å²) in [6.45, 7) is 2.67. The SMILES string of the molecule is C.CCCCCOC1CC(=O)NC1=O. The Labute approximate surface area is 85.0 Å². The van der Waals surface area contributed by atoms with Gasteiger partial charge in [-0.15, -0.1) is 0 Å². The molecule has 1 saturated heterocycles. The molecule has 14 heavy (non-hydrogen) atoms. The summed E-state index contributed by atoms with van der Waals surface area (Å²) >= 11 is 0. The molecular weight excluding hydrogens is 182 g/mol. The van der Waals surface area contributed by atoms with Crippen LogP contribution in [0.25, 0.3) is 0 Å². The van der Waals surface area contributed by atoms with Gasteiger partial charge >= 0.3 is 0 Å². The average molecular weight is 201 g/mol. The summed E-state index contributed by atoms with van der Waals surface area (Å²) in [6, 6.07) is 0. The molecule has 0 saturated carbocycles. The normalized spacial score (nSPS) is 20.5. The first-order valence-corrected chi connectivity index (χ1v) is 4.69. The number of hydrogen-bond acceptors (Lipinski definition) is 3. The van der Waals surface area contributed by atoms with E-state index in [2.05, 4.69) is 12.2 Å². The highest BCUT2D eigenvalue weighted by Gasteiger charge is 2.30. The summed E-state index contributed by atoms with van der Waals surface area (Å²) in [5, 5.41) is 2.20. The number of carbonyl (C=O) groups is 2. The third-order valence-corrected chi connectivity index (χ3v) is 1.99. The van der Waals surface area contributed by atoms with Gasteiger partial charge in [0.1, 0.15) is 6.10 Å². The Morgan fingerprint density at radius 3 is 2.64 bits per heavy atom. The zero-order chi connectivity index (χ0) is 9.68. The molecule has 1 atom stereocenters. The summed E-state index contributed by atoms with van der Waals surface area (Å²) in [6.07, 6.45) is 2.82. The molecule has 1 heterocycles. The average Bonchev–Trinajstić information content (AvgIpc) is 2.39. The Morgan fingerprint density at radius 2 is 2.14 bits per heavy atom. The van der Waals surface area contributed by atoms with Crippen LogP contribution < -0.4 is 5.32 Å². The minimum atomic E-state index is -0.538. The predicted molar refractivity (Wildman–Crippen MR) is 53.8 cm³/mol. The van der Waals surface area contributed by atoms with E-state index in [-0.39, 0.29) is 25.7 Å². The number of unbranched alkanes of at least 4 members (excludes halogenated alkanes) is 2. The van der Waals surface area contributed by atoms with Crippen molar-refractivity contribution in [3.63, 3.8) is 0 Å². The fourth-order valence-corrected chi connectivity index (χ4v) is 1.24. The van der Waals surface area contributed by atoms with E-state index < -0.39 is 6.10 Å². The largest absolute Gasteiger partial charge is 0.368 e. The Bertz CT molecular complexity index is 204. The van der Waals surface area contributed by atoms with Crippen molar-refractivity contribution in [3.05, 3.63) is 0 Å². The lowest BCUT2D eigenvalue weighted by atomic mass is 10.2. The first-order valence-electron chi connectivity index (χ1n) is 4.69. The van der Waals surface area contributed by atoms with E-state index in [1.165, 1.54) is 0 Å². The van der Waals surface area contributed by atoms with E-state index in [1.54, 1.807) is 0 Å². The molecule has 1 rings (SSSR count). The molecule has 1 N–H and O–H groups in total. The Morgan fingerprint density at radius 1 is 1.43 bits per heavy atom. The highest BCUT2D eigenvalue weighted by Crippen LogP contribution is 2.07. The minimum absolute atomic E-state index is 0. The van der Waals surface area contributed by atoms with Crippen LogP contribution in [0, 0.1) is 0 Å². The van der Waals surface area contributed by atoms with E-state index in [0.717, 1.165) is 19.3 Å². The Balaban J connectivity index is 0.00000169. The maximum absolute atomic E-state index is 11.0. The Hall–Kier alpha value is -0.900. The van der Waals surface area contributed by atoms with Crippen molar-refractivity contribution in [2.24, 2.45) is 0 Å². The lowest BCUT2D eigenvalue weighted by molar-refractivity contribution is -0.129. The molecule has 1 unspecified atom stereocenters. The number of imide groups is 1. The summed E-state index contributed by atoms with van der Waals surface area (Å²) in [7, 11) is 0. The van der Waals surface area contributed by atoms with Crippen molar-refractivity contribution in [2.75, 3.05) is 6.61 Å². The van der Waals surface area contributed by atoms with Gasteiger partial charge in [0.25, 0.3) is 5.91 Å². The van der Waals surface area contributed by atoms with Crippen LogP contribution in [0.2, 0.25) is 0 Å². The molecule has 1 fully saturated rings. The molecule has 4 nitrogen and oxygen atoms in total. The number of nitrogens with one attached hydrogen (secondary N) is 1. The Kier molecular flexibility index (Phi) is 6.12. The maximum Gasteiger partial charge on any atom is 0.256 e. The zero-order valence-corrected chi connectivity index (χ0v) is 7.84. The molecule has 0 aliphatic carbocycles. The molecule has 0 radical (unpaired) electrons. The lowest BCUT2D eigenvalue weighted by Crippen LogP contribution is -2.26. The van der Waals surface area contributed by atoms with Crippen molar-refractivity contribution in [2.45, 2.75) is 46.1 Å². The van der Waals surface area contributed by atoms with E-state index in [1.807, 2.05) is 0 Å². The second kappa shape index (κ2) is 6.54. The third kappa shape index (κ3) is 3.87. The third-order valence-electron chi connectivity index (χ3n) is 1.99. The smallest absolute Gasteiger partial charge is 0.256 e. The minimum Gasteiger partial charge on any atom is -0.368 e.